The zero-order valence-corrected chi connectivity index (χ0v) is 12.7. The van der Waals surface area contributed by atoms with Crippen LogP contribution in [0, 0.1) is 0 Å². The van der Waals surface area contributed by atoms with Crippen LogP contribution in [0.15, 0.2) is 17.5 Å². The maximum atomic E-state index is 11.6. The van der Waals surface area contributed by atoms with Crippen molar-refractivity contribution in [3.8, 4) is 0 Å². The Kier molecular flexibility index (Phi) is 8.38. The van der Waals surface area contributed by atoms with Crippen molar-refractivity contribution in [1.29, 1.82) is 0 Å². The first-order valence-corrected chi connectivity index (χ1v) is 6.65. The summed E-state index contributed by atoms with van der Waals surface area (Å²) >= 11 is 1.59. The molecule has 5 nitrogen and oxygen atoms in total. The van der Waals surface area contributed by atoms with E-state index in [1.807, 2.05) is 17.5 Å². The van der Waals surface area contributed by atoms with E-state index in [1.165, 1.54) is 4.90 Å². The first kappa shape index (κ1) is 17.9. The van der Waals surface area contributed by atoms with Gasteiger partial charge in [0.05, 0.1) is 13.1 Å². The molecule has 3 N–H and O–H groups in total. The first-order chi connectivity index (χ1) is 8.49. The minimum absolute atomic E-state index is 0. The van der Waals surface area contributed by atoms with Gasteiger partial charge in [0.2, 0.25) is 11.8 Å². The summed E-state index contributed by atoms with van der Waals surface area (Å²) in [6, 6.07) is 3.70. The summed E-state index contributed by atoms with van der Waals surface area (Å²) in [7, 11) is 1.61. The highest BCUT2D eigenvalue weighted by atomic mass is 35.5. The number of rotatable bonds is 6. The largest absolute Gasteiger partial charge is 0.350 e. The lowest BCUT2D eigenvalue weighted by molar-refractivity contribution is -0.135. The highest BCUT2D eigenvalue weighted by Gasteiger charge is 2.14. The van der Waals surface area contributed by atoms with E-state index in [2.05, 4.69) is 5.32 Å². The number of hydrogen-bond donors (Lipinski definition) is 2. The molecule has 0 saturated carbocycles. The first-order valence-electron chi connectivity index (χ1n) is 5.77. The number of hydrogen-bond acceptors (Lipinski definition) is 4. The molecule has 0 radical (unpaired) electrons. The molecular weight excluding hydrogens is 286 g/mol. The second-order valence-electron chi connectivity index (χ2n) is 4.29. The topological polar surface area (TPSA) is 75.4 Å². The van der Waals surface area contributed by atoms with Crippen LogP contribution in [0.1, 0.15) is 18.2 Å². The number of likely N-dealkylation sites (N-methyl/N-ethyl adjacent to an activating group) is 1. The standard InChI is InChI=1S/C12H19N3O2S.ClH/c1-9(13)6-12(17)15(2)8-11(16)14-7-10-4-3-5-18-10;/h3-5,9H,6-8,13H2,1-2H3,(H,14,16);1H. The molecule has 1 aromatic rings. The molecule has 0 aromatic carbocycles. The molecule has 0 saturated heterocycles. The van der Waals surface area contributed by atoms with Crippen LogP contribution in [-0.2, 0) is 16.1 Å². The van der Waals surface area contributed by atoms with Crippen molar-refractivity contribution < 1.29 is 9.59 Å². The zero-order chi connectivity index (χ0) is 13.5. The fourth-order valence-corrected chi connectivity index (χ4v) is 2.03. The molecule has 108 valence electrons. The summed E-state index contributed by atoms with van der Waals surface area (Å²) in [6.45, 7) is 2.34. The van der Waals surface area contributed by atoms with Crippen LogP contribution in [0.4, 0.5) is 0 Å². The van der Waals surface area contributed by atoms with Crippen LogP contribution < -0.4 is 11.1 Å². The summed E-state index contributed by atoms with van der Waals surface area (Å²) in [5, 5.41) is 4.73. The normalized spacial score (nSPS) is 11.3. The third-order valence-electron chi connectivity index (χ3n) is 2.34. The number of nitrogens with zero attached hydrogens (tertiary/aromatic N) is 1. The Bertz CT molecular complexity index is 396. The number of nitrogens with one attached hydrogen (secondary N) is 1. The van der Waals surface area contributed by atoms with Gasteiger partial charge in [-0.05, 0) is 18.4 Å². The van der Waals surface area contributed by atoms with Crippen molar-refractivity contribution in [2.75, 3.05) is 13.6 Å². The van der Waals surface area contributed by atoms with Crippen molar-refractivity contribution >= 4 is 35.6 Å². The number of amides is 2. The minimum atomic E-state index is -0.186. The third-order valence-corrected chi connectivity index (χ3v) is 3.22. The molecular formula is C12H20ClN3O2S. The van der Waals surface area contributed by atoms with Crippen molar-refractivity contribution in [3.05, 3.63) is 22.4 Å². The van der Waals surface area contributed by atoms with E-state index >= 15 is 0 Å². The Morgan fingerprint density at radius 3 is 2.74 bits per heavy atom. The Morgan fingerprint density at radius 2 is 2.21 bits per heavy atom. The van der Waals surface area contributed by atoms with Crippen molar-refractivity contribution in [2.24, 2.45) is 5.73 Å². The van der Waals surface area contributed by atoms with Crippen molar-refractivity contribution in [3.63, 3.8) is 0 Å². The number of halogens is 1. The van der Waals surface area contributed by atoms with E-state index in [1.54, 1.807) is 25.3 Å². The van der Waals surface area contributed by atoms with Crippen LogP contribution in [0.5, 0.6) is 0 Å². The number of thiophene rings is 1. The van der Waals surface area contributed by atoms with Gasteiger partial charge in [-0.1, -0.05) is 6.07 Å². The van der Waals surface area contributed by atoms with Gasteiger partial charge in [0.25, 0.3) is 0 Å². The predicted molar refractivity (Wildman–Crippen MR) is 79.3 cm³/mol. The molecule has 0 spiro atoms. The van der Waals surface area contributed by atoms with Crippen LogP contribution in [0.2, 0.25) is 0 Å². The number of nitrogens with two attached hydrogens (primary N) is 1. The number of carbonyl (C=O) groups is 2. The molecule has 1 atom stereocenters. The molecule has 1 heterocycles. The van der Waals surface area contributed by atoms with E-state index in [0.717, 1.165) is 4.88 Å². The molecule has 7 heteroatoms. The van der Waals surface area contributed by atoms with Crippen LogP contribution >= 0.6 is 23.7 Å². The molecule has 0 aliphatic rings. The maximum absolute atomic E-state index is 11.6. The smallest absolute Gasteiger partial charge is 0.239 e. The monoisotopic (exact) mass is 305 g/mol. The molecule has 0 aliphatic carbocycles. The van der Waals surface area contributed by atoms with Crippen molar-refractivity contribution in [1.82, 2.24) is 10.2 Å². The van der Waals surface area contributed by atoms with Crippen LogP contribution in [0.3, 0.4) is 0 Å². The average Bonchev–Trinajstić information content (AvgIpc) is 2.78. The van der Waals surface area contributed by atoms with Gasteiger partial charge in [-0.3, -0.25) is 9.59 Å². The highest BCUT2D eigenvalue weighted by molar-refractivity contribution is 7.09. The molecule has 0 bridgehead atoms. The summed E-state index contributed by atoms with van der Waals surface area (Å²) in [5.74, 6) is -0.278. The molecule has 1 unspecified atom stereocenters. The van der Waals surface area contributed by atoms with Gasteiger partial charge in [-0.25, -0.2) is 0 Å². The molecule has 19 heavy (non-hydrogen) atoms. The predicted octanol–water partition coefficient (Wildman–Crippen LogP) is 0.982. The SMILES string of the molecule is CC(N)CC(=O)N(C)CC(=O)NCc1cccs1.Cl. The minimum Gasteiger partial charge on any atom is -0.350 e. The van der Waals surface area contributed by atoms with Gasteiger partial charge in [0.15, 0.2) is 0 Å². The lowest BCUT2D eigenvalue weighted by Crippen LogP contribution is -2.39. The lowest BCUT2D eigenvalue weighted by atomic mass is 10.2. The fourth-order valence-electron chi connectivity index (χ4n) is 1.39. The van der Waals surface area contributed by atoms with Gasteiger partial charge in [0.1, 0.15) is 0 Å². The average molecular weight is 306 g/mol. The van der Waals surface area contributed by atoms with Crippen LogP contribution in [-0.4, -0.2) is 36.3 Å². The van der Waals surface area contributed by atoms with E-state index in [4.69, 9.17) is 5.73 Å². The highest BCUT2D eigenvalue weighted by Crippen LogP contribution is 2.07. The Morgan fingerprint density at radius 1 is 1.53 bits per heavy atom. The van der Waals surface area contributed by atoms with Gasteiger partial charge < -0.3 is 16.0 Å². The summed E-state index contributed by atoms with van der Waals surface area (Å²) < 4.78 is 0. The molecule has 2 amide bonds. The summed E-state index contributed by atoms with van der Waals surface area (Å²) in [6.07, 6.45) is 0.259. The molecule has 0 fully saturated rings. The Hall–Kier alpha value is -1.11. The Labute approximate surface area is 123 Å². The van der Waals surface area contributed by atoms with Crippen molar-refractivity contribution in [2.45, 2.75) is 25.9 Å². The molecule has 0 aliphatic heterocycles. The van der Waals surface area contributed by atoms with Gasteiger partial charge in [-0.15, -0.1) is 23.7 Å². The second-order valence-corrected chi connectivity index (χ2v) is 5.32. The quantitative estimate of drug-likeness (QED) is 0.823. The molecule has 1 aromatic heterocycles. The third kappa shape index (κ3) is 7.15. The van der Waals surface area contributed by atoms with E-state index < -0.39 is 0 Å². The van der Waals surface area contributed by atoms with E-state index in [9.17, 15) is 9.59 Å². The summed E-state index contributed by atoms with van der Waals surface area (Å²) in [4.78, 5) is 25.7. The van der Waals surface area contributed by atoms with E-state index in [-0.39, 0.29) is 43.2 Å². The van der Waals surface area contributed by atoms with Gasteiger partial charge >= 0.3 is 0 Å². The van der Waals surface area contributed by atoms with E-state index in [0.29, 0.717) is 6.54 Å². The second kappa shape index (κ2) is 8.90. The maximum Gasteiger partial charge on any atom is 0.239 e. The lowest BCUT2D eigenvalue weighted by Gasteiger charge is -2.17. The van der Waals surface area contributed by atoms with Gasteiger partial charge in [-0.2, -0.15) is 0 Å². The molecule has 1 rings (SSSR count). The fraction of sp³-hybridized carbons (Fsp3) is 0.500. The van der Waals surface area contributed by atoms with Gasteiger partial charge in [0, 0.05) is 24.4 Å². The zero-order valence-electron chi connectivity index (χ0n) is 11.1. The Balaban J connectivity index is 0.00000324. The number of carbonyl (C=O) groups excluding carboxylic acids is 2. The summed E-state index contributed by atoms with van der Waals surface area (Å²) in [5.41, 5.74) is 5.54. The van der Waals surface area contributed by atoms with Crippen LogP contribution in [0.25, 0.3) is 0 Å².